The van der Waals surface area contributed by atoms with Gasteiger partial charge in [0.15, 0.2) is 0 Å². The van der Waals surface area contributed by atoms with E-state index in [1.807, 2.05) is 18.5 Å². The fourth-order valence-electron chi connectivity index (χ4n) is 4.41. The smallest absolute Gasteiger partial charge is 0.120 e. The van der Waals surface area contributed by atoms with Crippen molar-refractivity contribution in [2.75, 3.05) is 13.2 Å². The SMILES string of the molecule is c1cc2cc(OC3CCC(C4CCCOCC4)CC3)ccc2cn1. The second-order valence-corrected chi connectivity index (χ2v) is 7.34. The summed E-state index contributed by atoms with van der Waals surface area (Å²) in [5.41, 5.74) is 0. The maximum absolute atomic E-state index is 6.28. The molecule has 1 aromatic heterocycles. The Morgan fingerprint density at radius 2 is 1.75 bits per heavy atom. The minimum Gasteiger partial charge on any atom is -0.490 e. The van der Waals surface area contributed by atoms with Crippen LogP contribution in [-0.2, 0) is 4.74 Å². The Balaban J connectivity index is 1.33. The molecule has 2 aromatic rings. The number of ether oxygens (including phenoxy) is 2. The lowest BCUT2D eigenvalue weighted by molar-refractivity contribution is 0.0999. The average Bonchev–Trinajstić information content (AvgIpc) is 2.92. The van der Waals surface area contributed by atoms with Gasteiger partial charge in [-0.05, 0) is 86.4 Å². The Kier molecular flexibility index (Phi) is 4.98. The largest absolute Gasteiger partial charge is 0.490 e. The van der Waals surface area contributed by atoms with Crippen LogP contribution in [0.1, 0.15) is 44.9 Å². The van der Waals surface area contributed by atoms with Crippen LogP contribution in [0, 0.1) is 11.8 Å². The van der Waals surface area contributed by atoms with Crippen molar-refractivity contribution in [2.45, 2.75) is 51.0 Å². The van der Waals surface area contributed by atoms with Gasteiger partial charge in [-0.15, -0.1) is 0 Å². The minimum atomic E-state index is 0.377. The van der Waals surface area contributed by atoms with Crippen LogP contribution in [0.5, 0.6) is 5.75 Å². The number of hydrogen-bond acceptors (Lipinski definition) is 3. The summed E-state index contributed by atoms with van der Waals surface area (Å²) in [6, 6.07) is 8.38. The number of fused-ring (bicyclic) bond motifs is 1. The van der Waals surface area contributed by atoms with Gasteiger partial charge in [-0.25, -0.2) is 0 Å². The fraction of sp³-hybridized carbons (Fsp3) is 0.571. The van der Waals surface area contributed by atoms with E-state index in [4.69, 9.17) is 9.47 Å². The summed E-state index contributed by atoms with van der Waals surface area (Å²) in [4.78, 5) is 4.17. The maximum Gasteiger partial charge on any atom is 0.120 e. The highest BCUT2D eigenvalue weighted by Crippen LogP contribution is 2.36. The summed E-state index contributed by atoms with van der Waals surface area (Å²) in [6.45, 7) is 1.93. The normalized spacial score (nSPS) is 28.4. The number of pyridine rings is 1. The molecule has 1 atom stereocenters. The molecule has 1 saturated heterocycles. The molecule has 24 heavy (non-hydrogen) atoms. The molecule has 0 spiro atoms. The van der Waals surface area contributed by atoms with Crippen molar-refractivity contribution in [2.24, 2.45) is 11.8 Å². The van der Waals surface area contributed by atoms with Gasteiger partial charge in [0.2, 0.25) is 0 Å². The number of hydrogen-bond donors (Lipinski definition) is 0. The molecule has 2 fully saturated rings. The zero-order valence-electron chi connectivity index (χ0n) is 14.3. The zero-order valence-corrected chi connectivity index (χ0v) is 14.3. The van der Waals surface area contributed by atoms with E-state index < -0.39 is 0 Å². The highest BCUT2D eigenvalue weighted by Gasteiger charge is 2.28. The van der Waals surface area contributed by atoms with Crippen molar-refractivity contribution in [3.8, 4) is 5.75 Å². The molecule has 1 aliphatic heterocycles. The maximum atomic E-state index is 6.28. The first kappa shape index (κ1) is 15.9. The molecular weight excluding hydrogens is 298 g/mol. The molecule has 1 aliphatic carbocycles. The van der Waals surface area contributed by atoms with E-state index in [9.17, 15) is 0 Å². The highest BCUT2D eigenvalue weighted by molar-refractivity contribution is 5.82. The van der Waals surface area contributed by atoms with Gasteiger partial charge < -0.3 is 9.47 Å². The second-order valence-electron chi connectivity index (χ2n) is 7.34. The summed E-state index contributed by atoms with van der Waals surface area (Å²) < 4.78 is 11.9. The standard InChI is InChI=1S/C21H27NO2/c1-2-16(10-13-23-12-1)17-3-6-20(7-4-17)24-21-8-5-19-15-22-11-9-18(19)14-21/h5,8-9,11,14-17,20H,1-4,6-7,10,12-13H2. The first-order valence-corrected chi connectivity index (χ1v) is 9.47. The van der Waals surface area contributed by atoms with Crippen molar-refractivity contribution in [1.82, 2.24) is 4.98 Å². The Labute approximate surface area is 144 Å². The third-order valence-electron chi connectivity index (χ3n) is 5.80. The molecule has 1 unspecified atom stereocenters. The van der Waals surface area contributed by atoms with Gasteiger partial charge in [0.05, 0.1) is 6.10 Å². The Morgan fingerprint density at radius 3 is 2.67 bits per heavy atom. The van der Waals surface area contributed by atoms with Crippen LogP contribution in [-0.4, -0.2) is 24.3 Å². The minimum absolute atomic E-state index is 0.377. The highest BCUT2D eigenvalue weighted by atomic mass is 16.5. The van der Waals surface area contributed by atoms with Crippen LogP contribution < -0.4 is 4.74 Å². The summed E-state index contributed by atoms with van der Waals surface area (Å²) in [6.07, 6.45) is 13.0. The van der Waals surface area contributed by atoms with Crippen molar-refractivity contribution >= 4 is 10.8 Å². The number of rotatable bonds is 3. The van der Waals surface area contributed by atoms with Crippen LogP contribution in [0.25, 0.3) is 10.8 Å². The van der Waals surface area contributed by atoms with Crippen LogP contribution >= 0.6 is 0 Å². The molecule has 1 saturated carbocycles. The van der Waals surface area contributed by atoms with Crippen molar-refractivity contribution in [1.29, 1.82) is 0 Å². The van der Waals surface area contributed by atoms with Crippen LogP contribution in [0.3, 0.4) is 0 Å². The molecule has 128 valence electrons. The number of benzene rings is 1. The summed E-state index contributed by atoms with van der Waals surface area (Å²) in [5, 5.41) is 2.37. The predicted octanol–water partition coefficient (Wildman–Crippen LogP) is 4.99. The van der Waals surface area contributed by atoms with E-state index in [0.29, 0.717) is 6.10 Å². The van der Waals surface area contributed by atoms with Gasteiger partial charge in [0.25, 0.3) is 0 Å². The van der Waals surface area contributed by atoms with E-state index in [0.717, 1.165) is 30.8 Å². The molecule has 3 nitrogen and oxygen atoms in total. The number of nitrogens with zero attached hydrogens (tertiary/aromatic N) is 1. The predicted molar refractivity (Wildman–Crippen MR) is 96.3 cm³/mol. The third-order valence-corrected chi connectivity index (χ3v) is 5.80. The van der Waals surface area contributed by atoms with Gasteiger partial charge in [-0.1, -0.05) is 0 Å². The van der Waals surface area contributed by atoms with Gasteiger partial charge in [-0.2, -0.15) is 0 Å². The van der Waals surface area contributed by atoms with E-state index >= 15 is 0 Å². The quantitative estimate of drug-likeness (QED) is 0.796. The van der Waals surface area contributed by atoms with Crippen LogP contribution in [0.15, 0.2) is 36.7 Å². The summed E-state index contributed by atoms with van der Waals surface area (Å²) >= 11 is 0. The van der Waals surface area contributed by atoms with Crippen molar-refractivity contribution in [3.63, 3.8) is 0 Å². The zero-order chi connectivity index (χ0) is 16.2. The first-order valence-electron chi connectivity index (χ1n) is 9.47. The molecule has 3 heteroatoms. The van der Waals surface area contributed by atoms with E-state index in [1.165, 1.54) is 55.7 Å². The Morgan fingerprint density at radius 1 is 0.875 bits per heavy atom. The summed E-state index contributed by atoms with van der Waals surface area (Å²) in [7, 11) is 0. The van der Waals surface area contributed by atoms with E-state index in [-0.39, 0.29) is 0 Å². The van der Waals surface area contributed by atoms with Crippen LogP contribution in [0.2, 0.25) is 0 Å². The molecule has 0 N–H and O–H groups in total. The lowest BCUT2D eigenvalue weighted by Crippen LogP contribution is -2.28. The van der Waals surface area contributed by atoms with Gasteiger partial charge >= 0.3 is 0 Å². The molecule has 1 aromatic carbocycles. The Hall–Kier alpha value is -1.61. The molecule has 0 radical (unpaired) electrons. The third kappa shape index (κ3) is 3.72. The molecule has 0 bridgehead atoms. The van der Waals surface area contributed by atoms with Crippen LogP contribution in [0.4, 0.5) is 0 Å². The monoisotopic (exact) mass is 325 g/mol. The molecular formula is C21H27NO2. The first-order chi connectivity index (χ1) is 11.9. The lowest BCUT2D eigenvalue weighted by Gasteiger charge is -2.33. The fourth-order valence-corrected chi connectivity index (χ4v) is 4.41. The van der Waals surface area contributed by atoms with E-state index in [1.54, 1.807) is 0 Å². The number of aromatic nitrogens is 1. The summed E-state index contributed by atoms with van der Waals surface area (Å²) in [5.74, 6) is 2.76. The molecule has 0 amide bonds. The van der Waals surface area contributed by atoms with Gasteiger partial charge in [0.1, 0.15) is 5.75 Å². The average molecular weight is 325 g/mol. The topological polar surface area (TPSA) is 31.4 Å². The lowest BCUT2D eigenvalue weighted by atomic mass is 9.76. The van der Waals surface area contributed by atoms with Gasteiger partial charge in [0, 0.05) is 31.0 Å². The second kappa shape index (κ2) is 7.52. The van der Waals surface area contributed by atoms with Gasteiger partial charge in [-0.3, -0.25) is 4.98 Å². The van der Waals surface area contributed by atoms with Crippen molar-refractivity contribution < 1.29 is 9.47 Å². The molecule has 2 aliphatic rings. The van der Waals surface area contributed by atoms with E-state index in [2.05, 4.69) is 23.2 Å². The Bertz CT molecular complexity index is 656. The molecule has 2 heterocycles. The van der Waals surface area contributed by atoms with Crippen molar-refractivity contribution in [3.05, 3.63) is 36.7 Å². The molecule has 4 rings (SSSR count).